The SMILES string of the molecule is COC1C=CC(CNC(=O)c2sc3nc(-c4cccc([N+](=O)[O-])c4)cn3c2C)(OC)O1. The summed E-state index contributed by atoms with van der Waals surface area (Å²) in [6, 6.07) is 6.28. The van der Waals surface area contributed by atoms with Crippen molar-refractivity contribution >= 4 is 27.9 Å². The van der Waals surface area contributed by atoms with Gasteiger partial charge in [-0.2, -0.15) is 0 Å². The average molecular weight is 444 g/mol. The molecule has 31 heavy (non-hydrogen) atoms. The Bertz CT molecular complexity index is 1190. The lowest BCUT2D eigenvalue weighted by Crippen LogP contribution is -2.44. The van der Waals surface area contributed by atoms with Gasteiger partial charge < -0.3 is 19.5 Å². The molecule has 3 heterocycles. The van der Waals surface area contributed by atoms with Gasteiger partial charge in [-0.1, -0.05) is 23.5 Å². The van der Waals surface area contributed by atoms with Gasteiger partial charge >= 0.3 is 0 Å². The first-order valence-electron chi connectivity index (χ1n) is 9.32. The number of carbonyl (C=O) groups is 1. The van der Waals surface area contributed by atoms with E-state index in [4.69, 9.17) is 14.2 Å². The molecule has 2 aromatic heterocycles. The Hall–Kier alpha value is -3.12. The Balaban J connectivity index is 1.53. The minimum Gasteiger partial charge on any atom is -0.352 e. The first kappa shape index (κ1) is 21.1. The Morgan fingerprint density at radius 1 is 1.45 bits per heavy atom. The molecule has 2 atom stereocenters. The zero-order valence-corrected chi connectivity index (χ0v) is 17.8. The molecule has 1 aliphatic rings. The minimum atomic E-state index is -1.09. The van der Waals surface area contributed by atoms with Crippen LogP contribution in [-0.4, -0.2) is 53.1 Å². The summed E-state index contributed by atoms with van der Waals surface area (Å²) in [5, 5.41) is 13.9. The van der Waals surface area contributed by atoms with Crippen LogP contribution in [0.4, 0.5) is 5.69 Å². The molecular formula is C20H20N4O6S. The monoisotopic (exact) mass is 444 g/mol. The van der Waals surface area contributed by atoms with E-state index in [9.17, 15) is 14.9 Å². The minimum absolute atomic E-state index is 0.00314. The van der Waals surface area contributed by atoms with E-state index in [1.54, 1.807) is 34.9 Å². The molecule has 0 spiro atoms. The van der Waals surface area contributed by atoms with Crippen LogP contribution >= 0.6 is 11.3 Å². The Morgan fingerprint density at radius 2 is 2.26 bits per heavy atom. The number of nitrogens with zero attached hydrogens (tertiary/aromatic N) is 3. The Kier molecular flexibility index (Phi) is 5.58. The molecule has 0 saturated carbocycles. The van der Waals surface area contributed by atoms with Gasteiger partial charge in [0.2, 0.25) is 5.79 Å². The van der Waals surface area contributed by atoms with E-state index < -0.39 is 17.0 Å². The molecule has 11 heteroatoms. The van der Waals surface area contributed by atoms with Crippen molar-refractivity contribution < 1.29 is 23.9 Å². The van der Waals surface area contributed by atoms with E-state index in [-0.39, 0.29) is 18.1 Å². The number of carbonyl (C=O) groups excluding carboxylic acids is 1. The normalized spacial score (nSPS) is 20.4. The van der Waals surface area contributed by atoms with Gasteiger partial charge in [-0.15, -0.1) is 0 Å². The third-order valence-electron chi connectivity index (χ3n) is 5.01. The van der Waals surface area contributed by atoms with Crippen molar-refractivity contribution in [3.05, 3.63) is 63.3 Å². The molecule has 10 nitrogen and oxygen atoms in total. The van der Waals surface area contributed by atoms with Crippen LogP contribution in [0.1, 0.15) is 15.4 Å². The lowest BCUT2D eigenvalue weighted by atomic mass is 10.1. The summed E-state index contributed by atoms with van der Waals surface area (Å²) in [6.07, 6.45) is 4.66. The van der Waals surface area contributed by atoms with Crippen LogP contribution in [-0.2, 0) is 14.2 Å². The second-order valence-corrected chi connectivity index (χ2v) is 7.86. The van der Waals surface area contributed by atoms with Crippen molar-refractivity contribution in [3.63, 3.8) is 0 Å². The van der Waals surface area contributed by atoms with E-state index in [2.05, 4.69) is 10.3 Å². The van der Waals surface area contributed by atoms with Crippen molar-refractivity contribution in [2.45, 2.75) is 19.0 Å². The van der Waals surface area contributed by atoms with Gasteiger partial charge in [0, 0.05) is 43.8 Å². The largest absolute Gasteiger partial charge is 0.352 e. The molecule has 0 aliphatic carbocycles. The zero-order valence-electron chi connectivity index (χ0n) is 17.0. The molecule has 0 radical (unpaired) electrons. The highest BCUT2D eigenvalue weighted by atomic mass is 32.1. The number of hydrogen-bond donors (Lipinski definition) is 1. The quantitative estimate of drug-likeness (QED) is 0.338. The zero-order chi connectivity index (χ0) is 22.2. The molecule has 3 aromatic rings. The number of benzene rings is 1. The van der Waals surface area contributed by atoms with Crippen molar-refractivity contribution in [1.82, 2.24) is 14.7 Å². The average Bonchev–Trinajstić information content (AvgIpc) is 3.47. The third kappa shape index (κ3) is 3.95. The number of aromatic nitrogens is 2. The third-order valence-corrected chi connectivity index (χ3v) is 6.17. The first-order valence-corrected chi connectivity index (χ1v) is 10.1. The molecule has 1 aliphatic heterocycles. The van der Waals surface area contributed by atoms with Crippen LogP contribution < -0.4 is 5.32 Å². The predicted molar refractivity (Wildman–Crippen MR) is 113 cm³/mol. The molecule has 0 fully saturated rings. The van der Waals surface area contributed by atoms with E-state index in [0.29, 0.717) is 26.8 Å². The number of nitro groups is 1. The predicted octanol–water partition coefficient (Wildman–Crippen LogP) is 2.91. The number of nitrogens with one attached hydrogen (secondary N) is 1. The van der Waals surface area contributed by atoms with Crippen molar-refractivity contribution in [1.29, 1.82) is 0 Å². The maximum atomic E-state index is 12.8. The van der Waals surface area contributed by atoms with Crippen LogP contribution in [0.2, 0.25) is 0 Å². The van der Waals surface area contributed by atoms with Crippen LogP contribution in [0.3, 0.4) is 0 Å². The molecule has 1 amide bonds. The number of rotatable bonds is 7. The van der Waals surface area contributed by atoms with E-state index in [1.807, 2.05) is 6.92 Å². The summed E-state index contributed by atoms with van der Waals surface area (Å²) in [7, 11) is 3.01. The van der Waals surface area contributed by atoms with Gasteiger partial charge in [-0.05, 0) is 19.1 Å². The van der Waals surface area contributed by atoms with Gasteiger partial charge in [0.1, 0.15) is 4.88 Å². The molecule has 4 rings (SSSR count). The van der Waals surface area contributed by atoms with E-state index in [1.165, 1.54) is 37.7 Å². The Labute approximate surface area is 181 Å². The maximum absolute atomic E-state index is 12.8. The van der Waals surface area contributed by atoms with Gasteiger partial charge in [-0.25, -0.2) is 4.98 Å². The number of methoxy groups -OCH3 is 2. The lowest BCUT2D eigenvalue weighted by molar-refractivity contribution is -0.384. The molecule has 0 saturated heterocycles. The van der Waals surface area contributed by atoms with Gasteiger partial charge in [-0.3, -0.25) is 19.3 Å². The number of amides is 1. The summed E-state index contributed by atoms with van der Waals surface area (Å²) >= 11 is 1.23. The van der Waals surface area contributed by atoms with Gasteiger partial charge in [0.15, 0.2) is 11.3 Å². The summed E-state index contributed by atoms with van der Waals surface area (Å²) < 4.78 is 18.0. The standard InChI is InChI=1S/C20H20N4O6S/c1-12-17(18(25)21-11-20(29-3)8-7-16(28-2)30-20)31-19-22-15(10-23(12)19)13-5-4-6-14(9-13)24(26)27/h4-10,16H,11H2,1-3H3,(H,21,25). The highest BCUT2D eigenvalue weighted by Crippen LogP contribution is 2.29. The Morgan fingerprint density at radius 3 is 2.90 bits per heavy atom. The fraction of sp³-hybridized carbons (Fsp3) is 0.300. The molecule has 1 aromatic carbocycles. The summed E-state index contributed by atoms with van der Waals surface area (Å²) in [4.78, 5) is 29.0. The van der Waals surface area contributed by atoms with Crippen LogP contribution in [0, 0.1) is 17.0 Å². The number of fused-ring (bicyclic) bond motifs is 1. The first-order chi connectivity index (χ1) is 14.9. The van der Waals surface area contributed by atoms with Crippen LogP contribution in [0.15, 0.2) is 42.6 Å². The molecule has 0 bridgehead atoms. The van der Waals surface area contributed by atoms with E-state index >= 15 is 0 Å². The molecular weight excluding hydrogens is 424 g/mol. The van der Waals surface area contributed by atoms with Crippen LogP contribution in [0.25, 0.3) is 16.2 Å². The topological polar surface area (TPSA) is 117 Å². The number of nitro benzene ring substituents is 1. The number of non-ortho nitro benzene ring substituents is 1. The number of thiazole rings is 1. The smallest absolute Gasteiger partial charge is 0.270 e. The summed E-state index contributed by atoms with van der Waals surface area (Å²) in [6.45, 7) is 1.92. The molecule has 162 valence electrons. The summed E-state index contributed by atoms with van der Waals surface area (Å²) in [5.41, 5.74) is 1.94. The van der Waals surface area contributed by atoms with Gasteiger partial charge in [0.25, 0.3) is 11.6 Å². The highest BCUT2D eigenvalue weighted by molar-refractivity contribution is 7.19. The molecule has 1 N–H and O–H groups in total. The maximum Gasteiger partial charge on any atom is 0.270 e. The number of imidazole rings is 1. The molecule has 2 unspecified atom stereocenters. The number of aryl methyl sites for hydroxylation is 1. The van der Waals surface area contributed by atoms with Crippen LogP contribution in [0.5, 0.6) is 0 Å². The number of ether oxygens (including phenoxy) is 3. The summed E-state index contributed by atoms with van der Waals surface area (Å²) in [5.74, 6) is -1.36. The number of hydrogen-bond acceptors (Lipinski definition) is 8. The second-order valence-electron chi connectivity index (χ2n) is 6.88. The van der Waals surface area contributed by atoms with Gasteiger partial charge in [0.05, 0.1) is 17.2 Å². The lowest BCUT2D eigenvalue weighted by Gasteiger charge is -2.27. The second kappa shape index (κ2) is 8.19. The van der Waals surface area contributed by atoms with Crippen molar-refractivity contribution in [3.8, 4) is 11.3 Å². The van der Waals surface area contributed by atoms with E-state index in [0.717, 1.165) is 0 Å². The highest BCUT2D eigenvalue weighted by Gasteiger charge is 2.36. The fourth-order valence-electron chi connectivity index (χ4n) is 3.28. The van der Waals surface area contributed by atoms with Crippen molar-refractivity contribution in [2.75, 3.05) is 20.8 Å². The van der Waals surface area contributed by atoms with Crippen molar-refractivity contribution in [2.24, 2.45) is 0 Å². The fourth-order valence-corrected chi connectivity index (χ4v) is 4.30.